The minimum absolute atomic E-state index is 0.128. The van der Waals surface area contributed by atoms with Crippen molar-refractivity contribution >= 4 is 0 Å². The normalized spacial score (nSPS) is 15.2. The Morgan fingerprint density at radius 3 is 2.19 bits per heavy atom. The molecule has 98 valence electrons. The third-order valence-corrected chi connectivity index (χ3v) is 2.03. The van der Waals surface area contributed by atoms with Crippen LogP contribution in [0.2, 0.25) is 0 Å². The maximum atomic E-state index is 9.72. The number of hydrogen-bond acceptors (Lipinski definition) is 4. The van der Waals surface area contributed by atoms with Crippen LogP contribution in [0, 0.1) is 0 Å². The molecule has 0 radical (unpaired) electrons. The van der Waals surface area contributed by atoms with Crippen molar-refractivity contribution in [3.05, 3.63) is 0 Å². The standard InChI is InChI=1S/C12H27NO3/c1-11(2,3)16-8-10(14)7-13-12(4,5)9-15-6/h10,13-14H,7-9H2,1-6H3. The lowest BCUT2D eigenvalue weighted by atomic mass is 10.1. The van der Waals surface area contributed by atoms with Crippen molar-refractivity contribution in [1.82, 2.24) is 5.32 Å². The van der Waals surface area contributed by atoms with E-state index in [2.05, 4.69) is 5.32 Å². The fraction of sp³-hybridized carbons (Fsp3) is 1.00. The average molecular weight is 233 g/mol. The quantitative estimate of drug-likeness (QED) is 0.693. The van der Waals surface area contributed by atoms with E-state index in [1.165, 1.54) is 0 Å². The highest BCUT2D eigenvalue weighted by Crippen LogP contribution is 2.07. The summed E-state index contributed by atoms with van der Waals surface area (Å²) in [4.78, 5) is 0. The first-order valence-corrected chi connectivity index (χ1v) is 5.72. The van der Waals surface area contributed by atoms with Crippen LogP contribution in [0.4, 0.5) is 0 Å². The molecule has 0 aromatic rings. The Morgan fingerprint density at radius 1 is 1.19 bits per heavy atom. The fourth-order valence-electron chi connectivity index (χ4n) is 1.21. The molecule has 0 heterocycles. The second kappa shape index (κ2) is 6.55. The molecular formula is C12H27NO3. The van der Waals surface area contributed by atoms with Gasteiger partial charge in [0.2, 0.25) is 0 Å². The van der Waals surface area contributed by atoms with E-state index >= 15 is 0 Å². The van der Waals surface area contributed by atoms with Gasteiger partial charge in [0.05, 0.1) is 24.9 Å². The van der Waals surface area contributed by atoms with Crippen molar-refractivity contribution in [1.29, 1.82) is 0 Å². The van der Waals surface area contributed by atoms with Gasteiger partial charge in [0, 0.05) is 19.2 Å². The molecule has 0 aliphatic rings. The molecule has 0 aromatic heterocycles. The Balaban J connectivity index is 3.76. The van der Waals surface area contributed by atoms with E-state index in [0.29, 0.717) is 19.8 Å². The van der Waals surface area contributed by atoms with E-state index in [-0.39, 0.29) is 11.1 Å². The van der Waals surface area contributed by atoms with Gasteiger partial charge in [-0.1, -0.05) is 0 Å². The van der Waals surface area contributed by atoms with Gasteiger partial charge in [-0.25, -0.2) is 0 Å². The second-order valence-corrected chi connectivity index (χ2v) is 5.77. The molecule has 0 saturated heterocycles. The number of hydrogen-bond donors (Lipinski definition) is 2. The zero-order valence-corrected chi connectivity index (χ0v) is 11.5. The maximum Gasteiger partial charge on any atom is 0.0898 e. The largest absolute Gasteiger partial charge is 0.389 e. The summed E-state index contributed by atoms with van der Waals surface area (Å²) in [6.07, 6.45) is -0.490. The van der Waals surface area contributed by atoms with Crippen LogP contribution in [-0.4, -0.2) is 49.2 Å². The molecule has 0 aromatic carbocycles. The Bertz CT molecular complexity index is 187. The minimum Gasteiger partial charge on any atom is -0.389 e. The Kier molecular flexibility index (Phi) is 6.48. The van der Waals surface area contributed by atoms with E-state index in [9.17, 15) is 5.11 Å². The van der Waals surface area contributed by atoms with Gasteiger partial charge in [-0.15, -0.1) is 0 Å². The summed E-state index contributed by atoms with van der Waals surface area (Å²) in [6.45, 7) is 11.5. The fourth-order valence-corrected chi connectivity index (χ4v) is 1.21. The van der Waals surface area contributed by atoms with E-state index < -0.39 is 6.10 Å². The first-order valence-electron chi connectivity index (χ1n) is 5.72. The highest BCUT2D eigenvalue weighted by Gasteiger charge is 2.19. The van der Waals surface area contributed by atoms with E-state index in [1.807, 2.05) is 34.6 Å². The van der Waals surface area contributed by atoms with E-state index in [4.69, 9.17) is 9.47 Å². The first kappa shape index (κ1) is 15.8. The van der Waals surface area contributed by atoms with Crippen molar-refractivity contribution in [3.63, 3.8) is 0 Å². The summed E-state index contributed by atoms with van der Waals surface area (Å²) in [7, 11) is 1.67. The van der Waals surface area contributed by atoms with Crippen molar-refractivity contribution in [3.8, 4) is 0 Å². The van der Waals surface area contributed by atoms with Crippen LogP contribution in [0.5, 0.6) is 0 Å². The first-order chi connectivity index (χ1) is 7.16. The molecule has 16 heavy (non-hydrogen) atoms. The zero-order chi connectivity index (χ0) is 12.8. The molecule has 0 saturated carbocycles. The number of methoxy groups -OCH3 is 1. The number of aliphatic hydroxyl groups excluding tert-OH is 1. The molecule has 1 unspecified atom stereocenters. The van der Waals surface area contributed by atoms with Gasteiger partial charge in [0.25, 0.3) is 0 Å². The molecule has 0 amide bonds. The summed E-state index contributed by atoms with van der Waals surface area (Å²) < 4.78 is 10.6. The van der Waals surface area contributed by atoms with Crippen LogP contribution in [0.25, 0.3) is 0 Å². The smallest absolute Gasteiger partial charge is 0.0898 e. The highest BCUT2D eigenvalue weighted by molar-refractivity contribution is 4.78. The monoisotopic (exact) mass is 233 g/mol. The molecule has 0 spiro atoms. The molecule has 0 aliphatic carbocycles. The van der Waals surface area contributed by atoms with Gasteiger partial charge in [-0.05, 0) is 34.6 Å². The number of rotatable bonds is 7. The topological polar surface area (TPSA) is 50.7 Å². The van der Waals surface area contributed by atoms with Crippen LogP contribution in [0.3, 0.4) is 0 Å². The van der Waals surface area contributed by atoms with Crippen molar-refractivity contribution < 1.29 is 14.6 Å². The van der Waals surface area contributed by atoms with Gasteiger partial charge in [0.15, 0.2) is 0 Å². The predicted octanol–water partition coefficient (Wildman–Crippen LogP) is 1.18. The molecule has 0 bridgehead atoms. The third-order valence-electron chi connectivity index (χ3n) is 2.03. The van der Waals surface area contributed by atoms with Crippen LogP contribution in [-0.2, 0) is 9.47 Å². The lowest BCUT2D eigenvalue weighted by Crippen LogP contribution is -2.47. The second-order valence-electron chi connectivity index (χ2n) is 5.77. The maximum absolute atomic E-state index is 9.72. The van der Waals surface area contributed by atoms with Crippen molar-refractivity contribution in [2.24, 2.45) is 0 Å². The molecular weight excluding hydrogens is 206 g/mol. The summed E-state index contributed by atoms with van der Waals surface area (Å²) in [6, 6.07) is 0. The molecule has 2 N–H and O–H groups in total. The van der Waals surface area contributed by atoms with Crippen molar-refractivity contribution in [2.75, 3.05) is 26.9 Å². The van der Waals surface area contributed by atoms with Gasteiger partial charge >= 0.3 is 0 Å². The summed E-state index contributed by atoms with van der Waals surface area (Å²) in [5.74, 6) is 0. The molecule has 4 nitrogen and oxygen atoms in total. The number of β-amino-alcohol motifs (C(OH)–C–C–N with tert-alkyl or cyclic N) is 1. The van der Waals surface area contributed by atoms with Crippen LogP contribution in [0.15, 0.2) is 0 Å². The summed E-state index contributed by atoms with van der Waals surface area (Å²) >= 11 is 0. The molecule has 0 fully saturated rings. The third kappa shape index (κ3) is 9.09. The SMILES string of the molecule is COCC(C)(C)NCC(O)COC(C)(C)C. The van der Waals surface area contributed by atoms with Gasteiger partial charge < -0.3 is 19.9 Å². The zero-order valence-electron chi connectivity index (χ0n) is 11.5. The molecule has 0 aliphatic heterocycles. The minimum atomic E-state index is -0.490. The summed E-state index contributed by atoms with van der Waals surface area (Å²) in [5.41, 5.74) is -0.333. The van der Waals surface area contributed by atoms with Gasteiger partial charge in [-0.3, -0.25) is 0 Å². The van der Waals surface area contributed by atoms with Gasteiger partial charge in [0.1, 0.15) is 0 Å². The predicted molar refractivity (Wildman–Crippen MR) is 65.7 cm³/mol. The average Bonchev–Trinajstić information content (AvgIpc) is 2.10. The van der Waals surface area contributed by atoms with Crippen molar-refractivity contribution in [2.45, 2.75) is 51.9 Å². The Hall–Kier alpha value is -0.160. The highest BCUT2D eigenvalue weighted by atomic mass is 16.5. The van der Waals surface area contributed by atoms with E-state index in [0.717, 1.165) is 0 Å². The Morgan fingerprint density at radius 2 is 1.75 bits per heavy atom. The summed E-state index contributed by atoms with van der Waals surface area (Å²) in [5, 5.41) is 13.0. The Labute approximate surface area is 99.3 Å². The van der Waals surface area contributed by atoms with Gasteiger partial charge in [-0.2, -0.15) is 0 Å². The molecule has 1 atom stereocenters. The van der Waals surface area contributed by atoms with Crippen LogP contribution < -0.4 is 5.32 Å². The lowest BCUT2D eigenvalue weighted by Gasteiger charge is -2.28. The van der Waals surface area contributed by atoms with E-state index in [1.54, 1.807) is 7.11 Å². The number of nitrogens with one attached hydrogen (secondary N) is 1. The number of ether oxygens (including phenoxy) is 2. The van der Waals surface area contributed by atoms with Crippen LogP contribution >= 0.6 is 0 Å². The number of aliphatic hydroxyl groups is 1. The molecule has 4 heteroatoms. The van der Waals surface area contributed by atoms with Crippen LogP contribution in [0.1, 0.15) is 34.6 Å². The molecule has 0 rings (SSSR count). The lowest BCUT2D eigenvalue weighted by molar-refractivity contribution is -0.0498.